The molecule has 3 aromatic rings. The van der Waals surface area contributed by atoms with Crippen LogP contribution in [0.25, 0.3) is 0 Å². The van der Waals surface area contributed by atoms with E-state index in [1.165, 1.54) is 6.26 Å². The minimum absolute atomic E-state index is 0.134. The van der Waals surface area contributed by atoms with E-state index < -0.39 is 6.04 Å². The third-order valence-corrected chi connectivity index (χ3v) is 3.57. The van der Waals surface area contributed by atoms with Gasteiger partial charge in [-0.15, -0.1) is 0 Å². The molecule has 2 aromatic heterocycles. The van der Waals surface area contributed by atoms with Crippen molar-refractivity contribution in [1.82, 2.24) is 15.5 Å². The Balaban J connectivity index is 1.89. The molecule has 1 amide bonds. The summed E-state index contributed by atoms with van der Waals surface area (Å²) in [5, 5.41) is 6.77. The van der Waals surface area contributed by atoms with E-state index in [2.05, 4.69) is 15.5 Å². The highest BCUT2D eigenvalue weighted by atomic mass is 16.5. The van der Waals surface area contributed by atoms with Crippen molar-refractivity contribution in [1.29, 1.82) is 0 Å². The summed E-state index contributed by atoms with van der Waals surface area (Å²) in [5.41, 5.74) is 2.15. The Bertz CT molecular complexity index is 788. The predicted octanol–water partition coefficient (Wildman–Crippen LogP) is 2.53. The number of pyridine rings is 1. The molecule has 1 aromatic carbocycles. The Morgan fingerprint density at radius 3 is 2.75 bits per heavy atom. The van der Waals surface area contributed by atoms with Crippen LogP contribution in [0.3, 0.4) is 0 Å². The van der Waals surface area contributed by atoms with Crippen molar-refractivity contribution in [2.45, 2.75) is 12.5 Å². The number of amides is 1. The molecule has 0 unspecified atom stereocenters. The fourth-order valence-electron chi connectivity index (χ4n) is 2.47. The van der Waals surface area contributed by atoms with Crippen LogP contribution in [0.2, 0.25) is 0 Å². The van der Waals surface area contributed by atoms with Gasteiger partial charge in [0.25, 0.3) is 0 Å². The average molecular weight is 323 g/mol. The summed E-state index contributed by atoms with van der Waals surface area (Å²) in [7, 11) is 1.60. The smallest absolute Gasteiger partial charge is 0.226 e. The van der Waals surface area contributed by atoms with Gasteiger partial charge in [-0.3, -0.25) is 9.78 Å². The van der Waals surface area contributed by atoms with E-state index in [4.69, 9.17) is 9.26 Å². The van der Waals surface area contributed by atoms with Gasteiger partial charge in [-0.1, -0.05) is 29.4 Å². The summed E-state index contributed by atoms with van der Waals surface area (Å²) in [6.07, 6.45) is 3.27. The first-order chi connectivity index (χ1) is 11.8. The molecule has 6 nitrogen and oxygen atoms in total. The summed E-state index contributed by atoms with van der Waals surface area (Å²) >= 11 is 0. The average Bonchev–Trinajstić information content (AvgIpc) is 3.13. The molecule has 0 radical (unpaired) electrons. The topological polar surface area (TPSA) is 77.2 Å². The highest BCUT2D eigenvalue weighted by molar-refractivity contribution is 5.79. The van der Waals surface area contributed by atoms with Crippen LogP contribution in [-0.4, -0.2) is 23.2 Å². The van der Waals surface area contributed by atoms with E-state index in [-0.39, 0.29) is 12.3 Å². The zero-order valence-electron chi connectivity index (χ0n) is 13.2. The number of methoxy groups -OCH3 is 1. The minimum Gasteiger partial charge on any atom is -0.496 e. The van der Waals surface area contributed by atoms with E-state index in [1.54, 1.807) is 19.4 Å². The SMILES string of the molecule is COc1ccccc1[C@@H](NC(=O)Cc1ccon1)c1ccccn1. The fraction of sp³-hybridized carbons (Fsp3) is 0.167. The number of hydrogen-bond acceptors (Lipinski definition) is 5. The first-order valence-electron chi connectivity index (χ1n) is 7.50. The lowest BCUT2D eigenvalue weighted by Crippen LogP contribution is -2.31. The number of hydrogen-bond donors (Lipinski definition) is 1. The Kier molecular flexibility index (Phi) is 4.86. The number of aromatic nitrogens is 2. The lowest BCUT2D eigenvalue weighted by Gasteiger charge is -2.20. The highest BCUT2D eigenvalue weighted by Crippen LogP contribution is 2.28. The number of rotatable bonds is 6. The Morgan fingerprint density at radius 2 is 2.04 bits per heavy atom. The van der Waals surface area contributed by atoms with Crippen LogP contribution >= 0.6 is 0 Å². The van der Waals surface area contributed by atoms with Gasteiger partial charge in [0, 0.05) is 17.8 Å². The van der Waals surface area contributed by atoms with E-state index in [0.717, 1.165) is 11.3 Å². The van der Waals surface area contributed by atoms with Crippen LogP contribution in [0.1, 0.15) is 23.0 Å². The number of para-hydroxylation sites is 1. The summed E-state index contributed by atoms with van der Waals surface area (Å²) in [5.74, 6) is 0.514. The van der Waals surface area contributed by atoms with Crippen molar-refractivity contribution in [3.63, 3.8) is 0 Å². The molecule has 0 bridgehead atoms. The number of carbonyl (C=O) groups is 1. The van der Waals surface area contributed by atoms with Crippen LogP contribution in [0.15, 0.2) is 65.5 Å². The zero-order chi connectivity index (χ0) is 16.8. The van der Waals surface area contributed by atoms with Crippen molar-refractivity contribution >= 4 is 5.91 Å². The highest BCUT2D eigenvalue weighted by Gasteiger charge is 2.21. The quantitative estimate of drug-likeness (QED) is 0.754. The van der Waals surface area contributed by atoms with Crippen molar-refractivity contribution in [3.8, 4) is 5.75 Å². The number of ether oxygens (including phenoxy) is 1. The Morgan fingerprint density at radius 1 is 1.21 bits per heavy atom. The molecule has 3 rings (SSSR count). The van der Waals surface area contributed by atoms with E-state index in [0.29, 0.717) is 11.4 Å². The maximum Gasteiger partial charge on any atom is 0.226 e. The molecule has 1 atom stereocenters. The third kappa shape index (κ3) is 3.60. The van der Waals surface area contributed by atoms with Crippen molar-refractivity contribution in [2.24, 2.45) is 0 Å². The maximum absolute atomic E-state index is 12.4. The second-order valence-electron chi connectivity index (χ2n) is 5.16. The lowest BCUT2D eigenvalue weighted by atomic mass is 10.0. The van der Waals surface area contributed by atoms with Crippen LogP contribution in [0, 0.1) is 0 Å². The van der Waals surface area contributed by atoms with Crippen molar-refractivity contribution in [3.05, 3.63) is 77.9 Å². The lowest BCUT2D eigenvalue weighted by molar-refractivity contribution is -0.121. The van der Waals surface area contributed by atoms with E-state index >= 15 is 0 Å². The molecular formula is C18H17N3O3. The largest absolute Gasteiger partial charge is 0.496 e. The van der Waals surface area contributed by atoms with Crippen LogP contribution in [0.4, 0.5) is 0 Å². The second-order valence-corrected chi connectivity index (χ2v) is 5.16. The van der Waals surface area contributed by atoms with Crippen LogP contribution < -0.4 is 10.1 Å². The Labute approximate surface area is 139 Å². The fourth-order valence-corrected chi connectivity index (χ4v) is 2.47. The minimum atomic E-state index is -0.415. The maximum atomic E-state index is 12.4. The van der Waals surface area contributed by atoms with Gasteiger partial charge in [0.2, 0.25) is 5.91 Å². The first-order valence-corrected chi connectivity index (χ1v) is 7.50. The molecule has 0 saturated heterocycles. The van der Waals surface area contributed by atoms with E-state index in [1.807, 2.05) is 42.5 Å². The van der Waals surface area contributed by atoms with Gasteiger partial charge in [0.1, 0.15) is 12.0 Å². The number of benzene rings is 1. The second kappa shape index (κ2) is 7.41. The van der Waals surface area contributed by atoms with Gasteiger partial charge in [0.15, 0.2) is 0 Å². The van der Waals surface area contributed by atoms with Gasteiger partial charge in [-0.2, -0.15) is 0 Å². The number of nitrogens with zero attached hydrogens (tertiary/aromatic N) is 2. The van der Waals surface area contributed by atoms with Gasteiger partial charge in [-0.25, -0.2) is 0 Å². The molecule has 0 aliphatic rings. The molecule has 1 N–H and O–H groups in total. The molecule has 24 heavy (non-hydrogen) atoms. The monoisotopic (exact) mass is 323 g/mol. The van der Waals surface area contributed by atoms with Crippen molar-refractivity contribution < 1.29 is 14.1 Å². The molecule has 2 heterocycles. The molecule has 0 saturated carbocycles. The molecule has 122 valence electrons. The van der Waals surface area contributed by atoms with Gasteiger partial charge < -0.3 is 14.6 Å². The van der Waals surface area contributed by atoms with Gasteiger partial charge >= 0.3 is 0 Å². The molecule has 0 spiro atoms. The third-order valence-electron chi connectivity index (χ3n) is 3.57. The summed E-state index contributed by atoms with van der Waals surface area (Å²) in [4.78, 5) is 16.8. The molecule has 0 aliphatic heterocycles. The normalized spacial score (nSPS) is 11.7. The van der Waals surface area contributed by atoms with Gasteiger partial charge in [-0.05, 0) is 18.2 Å². The molecular weight excluding hydrogens is 306 g/mol. The van der Waals surface area contributed by atoms with Crippen molar-refractivity contribution in [2.75, 3.05) is 7.11 Å². The summed E-state index contributed by atoms with van der Waals surface area (Å²) < 4.78 is 10.2. The number of nitrogens with one attached hydrogen (secondary N) is 1. The molecule has 0 fully saturated rings. The summed E-state index contributed by atoms with van der Waals surface area (Å²) in [6.45, 7) is 0. The summed E-state index contributed by atoms with van der Waals surface area (Å²) in [6, 6.07) is 14.4. The predicted molar refractivity (Wildman–Crippen MR) is 87.4 cm³/mol. The van der Waals surface area contributed by atoms with Crippen LogP contribution in [-0.2, 0) is 11.2 Å². The zero-order valence-corrected chi connectivity index (χ0v) is 13.2. The van der Waals surface area contributed by atoms with Gasteiger partial charge in [0.05, 0.1) is 31.0 Å². The van der Waals surface area contributed by atoms with Crippen LogP contribution in [0.5, 0.6) is 5.75 Å². The first kappa shape index (κ1) is 15.7. The Hall–Kier alpha value is -3.15. The standard InChI is InChI=1S/C18H17N3O3/c1-23-16-8-3-2-6-14(16)18(15-7-4-5-10-19-15)20-17(22)12-13-9-11-24-21-13/h2-11,18H,12H2,1H3,(H,20,22)/t18-/m1/s1. The molecule has 0 aliphatic carbocycles. The number of carbonyl (C=O) groups excluding carboxylic acids is 1. The van der Waals surface area contributed by atoms with E-state index in [9.17, 15) is 4.79 Å². The molecule has 6 heteroatoms.